The lowest BCUT2D eigenvalue weighted by molar-refractivity contribution is -0.121. The van der Waals surface area contributed by atoms with Crippen molar-refractivity contribution in [2.45, 2.75) is 19.3 Å². The number of para-hydroxylation sites is 1. The first-order valence-corrected chi connectivity index (χ1v) is 10.9. The molecule has 0 fully saturated rings. The Hall–Kier alpha value is -2.58. The highest BCUT2D eigenvalue weighted by molar-refractivity contribution is 9.10. The first kappa shape index (κ1) is 19.7. The smallest absolute Gasteiger partial charge is 0.261 e. The number of hydrogen-bond acceptors (Lipinski definition) is 5. The van der Waals surface area contributed by atoms with E-state index in [4.69, 9.17) is 0 Å². The van der Waals surface area contributed by atoms with Crippen LogP contribution in [0.4, 0.5) is 0 Å². The summed E-state index contributed by atoms with van der Waals surface area (Å²) in [6.07, 6.45) is 1.37. The lowest BCUT2D eigenvalue weighted by atomic mass is 10.1. The van der Waals surface area contributed by atoms with Crippen LogP contribution >= 0.6 is 27.3 Å². The van der Waals surface area contributed by atoms with Crippen molar-refractivity contribution in [1.82, 2.24) is 15.2 Å². The van der Waals surface area contributed by atoms with Gasteiger partial charge >= 0.3 is 0 Å². The second-order valence-electron chi connectivity index (χ2n) is 6.73. The van der Waals surface area contributed by atoms with Crippen LogP contribution in [0, 0.1) is 0 Å². The third-order valence-corrected chi connectivity index (χ3v) is 6.31. The van der Waals surface area contributed by atoms with E-state index in [-0.39, 0.29) is 30.7 Å². The van der Waals surface area contributed by atoms with Gasteiger partial charge in [-0.15, -0.1) is 11.3 Å². The third-order valence-electron chi connectivity index (χ3n) is 4.72. The van der Waals surface area contributed by atoms with Crippen LogP contribution in [0.3, 0.4) is 0 Å². The number of carbonyl (C=O) groups is 3. The molecule has 0 atom stereocenters. The fraction of sp³-hybridized carbons (Fsp3) is 0.238. The zero-order valence-electron chi connectivity index (χ0n) is 15.5. The Bertz CT molecular complexity index is 1080. The summed E-state index contributed by atoms with van der Waals surface area (Å²) in [5.74, 6) is -0.693. The molecular weight excluding hydrogens is 454 g/mol. The maximum absolute atomic E-state index is 12.4. The van der Waals surface area contributed by atoms with Crippen LogP contribution in [-0.2, 0) is 11.2 Å². The Balaban J connectivity index is 1.22. The Morgan fingerprint density at radius 3 is 2.72 bits per heavy atom. The van der Waals surface area contributed by atoms with E-state index < -0.39 is 0 Å². The number of benzene rings is 2. The molecule has 148 valence electrons. The summed E-state index contributed by atoms with van der Waals surface area (Å²) in [6.45, 7) is 0.745. The van der Waals surface area contributed by atoms with Gasteiger partial charge in [0.05, 0.1) is 26.4 Å². The Morgan fingerprint density at radius 1 is 1.10 bits per heavy atom. The van der Waals surface area contributed by atoms with Crippen molar-refractivity contribution in [2.75, 3.05) is 13.1 Å². The molecule has 1 aromatic heterocycles. The van der Waals surface area contributed by atoms with Crippen molar-refractivity contribution in [1.29, 1.82) is 0 Å². The van der Waals surface area contributed by atoms with E-state index in [0.717, 1.165) is 19.7 Å². The molecule has 0 spiro atoms. The number of fused-ring (bicyclic) bond motifs is 2. The molecule has 0 aliphatic carbocycles. The van der Waals surface area contributed by atoms with Crippen molar-refractivity contribution in [3.63, 3.8) is 0 Å². The molecule has 1 aliphatic rings. The molecule has 3 amide bonds. The predicted molar refractivity (Wildman–Crippen MR) is 115 cm³/mol. The summed E-state index contributed by atoms with van der Waals surface area (Å²) < 4.78 is 1.90. The first-order valence-electron chi connectivity index (χ1n) is 9.30. The minimum atomic E-state index is -0.303. The van der Waals surface area contributed by atoms with Crippen molar-refractivity contribution < 1.29 is 14.4 Å². The molecule has 1 N–H and O–H groups in total. The number of halogens is 1. The van der Waals surface area contributed by atoms with Crippen LogP contribution in [0.15, 0.2) is 46.9 Å². The van der Waals surface area contributed by atoms with E-state index in [9.17, 15) is 14.4 Å². The van der Waals surface area contributed by atoms with Crippen LogP contribution in [0.5, 0.6) is 0 Å². The molecule has 2 aromatic carbocycles. The average Bonchev–Trinajstić information content (AvgIpc) is 3.22. The molecule has 0 unspecified atom stereocenters. The molecule has 2 heterocycles. The predicted octanol–water partition coefficient (Wildman–Crippen LogP) is 3.79. The largest absolute Gasteiger partial charge is 0.356 e. The molecule has 1 aliphatic heterocycles. The monoisotopic (exact) mass is 471 g/mol. The van der Waals surface area contributed by atoms with Gasteiger partial charge in [-0.1, -0.05) is 28.1 Å². The first-order chi connectivity index (χ1) is 14.0. The molecule has 0 radical (unpaired) electrons. The zero-order chi connectivity index (χ0) is 20.4. The molecule has 8 heteroatoms. The van der Waals surface area contributed by atoms with Crippen LogP contribution in [-0.4, -0.2) is 40.7 Å². The van der Waals surface area contributed by atoms with Crippen LogP contribution < -0.4 is 5.32 Å². The zero-order valence-corrected chi connectivity index (χ0v) is 17.9. The van der Waals surface area contributed by atoms with E-state index in [1.807, 2.05) is 24.3 Å². The number of nitrogens with zero attached hydrogens (tertiary/aromatic N) is 2. The van der Waals surface area contributed by atoms with Gasteiger partial charge in [0.15, 0.2) is 0 Å². The number of carbonyl (C=O) groups excluding carboxylic acids is 3. The van der Waals surface area contributed by atoms with E-state index in [1.54, 1.807) is 29.5 Å². The van der Waals surface area contributed by atoms with Gasteiger partial charge in [0.1, 0.15) is 0 Å². The second kappa shape index (κ2) is 8.42. The Labute approximate surface area is 180 Å². The van der Waals surface area contributed by atoms with Crippen LogP contribution in [0.1, 0.15) is 38.6 Å². The highest BCUT2D eigenvalue weighted by Gasteiger charge is 2.35. The van der Waals surface area contributed by atoms with E-state index in [2.05, 4.69) is 26.2 Å². The summed E-state index contributed by atoms with van der Waals surface area (Å²) in [5, 5.41) is 3.87. The minimum Gasteiger partial charge on any atom is -0.356 e. The second-order valence-corrected chi connectivity index (χ2v) is 8.76. The van der Waals surface area contributed by atoms with Gasteiger partial charge in [-0.05, 0) is 36.8 Å². The van der Waals surface area contributed by atoms with E-state index >= 15 is 0 Å². The molecule has 6 nitrogen and oxygen atoms in total. The number of hydrogen-bond donors (Lipinski definition) is 1. The number of aromatic nitrogens is 1. The lowest BCUT2D eigenvalue weighted by Gasteiger charge is -2.13. The van der Waals surface area contributed by atoms with Gasteiger partial charge in [0.2, 0.25) is 5.91 Å². The van der Waals surface area contributed by atoms with Crippen LogP contribution in [0.2, 0.25) is 0 Å². The minimum absolute atomic E-state index is 0.0922. The summed E-state index contributed by atoms with van der Waals surface area (Å²) in [7, 11) is 0. The molecule has 29 heavy (non-hydrogen) atoms. The van der Waals surface area contributed by atoms with Gasteiger partial charge in [0.25, 0.3) is 11.8 Å². The lowest BCUT2D eigenvalue weighted by Crippen LogP contribution is -2.32. The average molecular weight is 472 g/mol. The highest BCUT2D eigenvalue weighted by atomic mass is 79.9. The molecule has 3 aromatic rings. The number of rotatable bonds is 7. The Morgan fingerprint density at radius 2 is 1.90 bits per heavy atom. The fourth-order valence-corrected chi connectivity index (χ4v) is 4.62. The molecule has 0 bridgehead atoms. The van der Waals surface area contributed by atoms with Gasteiger partial charge in [-0.2, -0.15) is 0 Å². The summed E-state index contributed by atoms with van der Waals surface area (Å²) in [6, 6.07) is 13.0. The number of amides is 3. The maximum Gasteiger partial charge on any atom is 0.261 e. The van der Waals surface area contributed by atoms with E-state index in [0.29, 0.717) is 30.5 Å². The molecule has 0 saturated carbocycles. The van der Waals surface area contributed by atoms with Crippen molar-refractivity contribution in [2.24, 2.45) is 0 Å². The molecule has 0 saturated heterocycles. The molecule has 4 rings (SSSR count). The molecular formula is C21H18BrN3O3S. The highest BCUT2D eigenvalue weighted by Crippen LogP contribution is 2.26. The summed E-state index contributed by atoms with van der Waals surface area (Å²) in [4.78, 5) is 42.6. The van der Waals surface area contributed by atoms with Crippen molar-refractivity contribution in [3.05, 3.63) is 63.1 Å². The van der Waals surface area contributed by atoms with Crippen LogP contribution in [0.25, 0.3) is 10.2 Å². The number of thiazole rings is 1. The van der Waals surface area contributed by atoms with Gasteiger partial charge in [-0.25, -0.2) is 4.98 Å². The quantitative estimate of drug-likeness (QED) is 0.531. The number of imide groups is 1. The Kier molecular flexibility index (Phi) is 5.73. The summed E-state index contributed by atoms with van der Waals surface area (Å²) in [5.41, 5.74) is 1.80. The van der Waals surface area contributed by atoms with Gasteiger partial charge in [-0.3, -0.25) is 19.3 Å². The summed E-state index contributed by atoms with van der Waals surface area (Å²) >= 11 is 4.95. The SMILES string of the molecule is O=C(CCCN1C(=O)c2ccc(Br)cc2C1=O)NCCc1nc2ccccc2s1. The van der Waals surface area contributed by atoms with Crippen molar-refractivity contribution >= 4 is 55.2 Å². The van der Waals surface area contributed by atoms with Crippen molar-refractivity contribution in [3.8, 4) is 0 Å². The number of nitrogens with one attached hydrogen (secondary N) is 1. The topological polar surface area (TPSA) is 79.4 Å². The van der Waals surface area contributed by atoms with Gasteiger partial charge < -0.3 is 5.32 Å². The van der Waals surface area contributed by atoms with Gasteiger partial charge in [0, 0.05) is 30.4 Å². The third kappa shape index (κ3) is 4.23. The maximum atomic E-state index is 12.4. The fourth-order valence-electron chi connectivity index (χ4n) is 3.29. The normalized spacial score (nSPS) is 13.2. The van der Waals surface area contributed by atoms with E-state index in [1.165, 1.54) is 4.90 Å². The standard InChI is InChI=1S/C21H18BrN3O3S/c22-13-7-8-14-15(12-13)21(28)25(20(14)27)11-3-6-18(26)23-10-9-19-24-16-4-1-2-5-17(16)29-19/h1-2,4-5,7-8,12H,3,6,9-11H2,(H,23,26).